The summed E-state index contributed by atoms with van der Waals surface area (Å²) in [6, 6.07) is 0. The van der Waals surface area contributed by atoms with Crippen molar-refractivity contribution < 1.29 is 8.78 Å². The van der Waals surface area contributed by atoms with Crippen LogP contribution in [0.25, 0.3) is 0 Å². The second-order valence-electron chi connectivity index (χ2n) is 3.36. The third-order valence-corrected chi connectivity index (χ3v) is 4.34. The van der Waals surface area contributed by atoms with Gasteiger partial charge >= 0.3 is 0 Å². The molecular weight excluding hydrogens is 436 g/mol. The zero-order chi connectivity index (χ0) is 12.3. The number of benzene rings is 1. The van der Waals surface area contributed by atoms with Gasteiger partial charge in [-0.3, -0.25) is 0 Å². The Kier molecular flexibility index (Phi) is 5.63. The summed E-state index contributed by atoms with van der Waals surface area (Å²) in [5.74, 6) is -0.537. The van der Waals surface area contributed by atoms with Gasteiger partial charge in [0.05, 0.1) is 3.57 Å². The Bertz CT molecular complexity index is 414. The van der Waals surface area contributed by atoms with E-state index in [-0.39, 0.29) is 11.6 Å². The molecule has 88 valence electrons. The van der Waals surface area contributed by atoms with E-state index < -0.39 is 0 Å². The lowest BCUT2D eigenvalue weighted by molar-refractivity contribution is 0.561. The van der Waals surface area contributed by atoms with Crippen molar-refractivity contribution in [3.63, 3.8) is 0 Å². The third kappa shape index (κ3) is 2.57. The van der Waals surface area contributed by atoms with Crippen molar-refractivity contribution in [2.75, 3.05) is 0 Å². The van der Waals surface area contributed by atoms with E-state index in [1.807, 2.05) is 29.5 Å². The van der Waals surface area contributed by atoms with Crippen LogP contribution >= 0.6 is 45.2 Å². The summed E-state index contributed by atoms with van der Waals surface area (Å²) in [6.45, 7) is 5.42. The van der Waals surface area contributed by atoms with Gasteiger partial charge in [0.1, 0.15) is 11.6 Å². The van der Waals surface area contributed by atoms with E-state index in [0.29, 0.717) is 37.5 Å². The molecule has 0 bridgehead atoms. The first-order valence-corrected chi connectivity index (χ1v) is 7.52. The smallest absolute Gasteiger partial charge is 0.140 e. The molecule has 16 heavy (non-hydrogen) atoms. The molecule has 4 heteroatoms. The fourth-order valence-electron chi connectivity index (χ4n) is 1.62. The Morgan fingerprint density at radius 3 is 2.25 bits per heavy atom. The van der Waals surface area contributed by atoms with Crippen molar-refractivity contribution in [2.45, 2.75) is 24.2 Å². The van der Waals surface area contributed by atoms with E-state index in [1.165, 1.54) is 0 Å². The molecule has 0 N–H and O–H groups in total. The molecular formula is C12H12F2I2. The highest BCUT2D eigenvalue weighted by molar-refractivity contribution is 14.1. The van der Waals surface area contributed by atoms with Gasteiger partial charge in [-0.05, 0) is 41.0 Å². The molecule has 0 saturated carbocycles. The fraction of sp³-hybridized carbons (Fsp3) is 0.333. The minimum absolute atomic E-state index is 0.250. The first-order chi connectivity index (χ1) is 7.58. The molecule has 0 aliphatic rings. The Balaban J connectivity index is 3.55. The highest BCUT2D eigenvalue weighted by Gasteiger charge is 2.20. The van der Waals surface area contributed by atoms with Crippen LogP contribution in [-0.2, 0) is 17.3 Å². The van der Waals surface area contributed by atoms with E-state index in [2.05, 4.69) is 29.2 Å². The van der Waals surface area contributed by atoms with E-state index in [9.17, 15) is 8.78 Å². The molecule has 1 rings (SSSR count). The first-order valence-electron chi connectivity index (χ1n) is 4.92. The molecule has 0 radical (unpaired) electrons. The summed E-state index contributed by atoms with van der Waals surface area (Å²) in [4.78, 5) is 0. The molecule has 0 unspecified atom stereocenters. The van der Waals surface area contributed by atoms with Gasteiger partial charge in [0.25, 0.3) is 0 Å². The maximum Gasteiger partial charge on any atom is 0.140 e. The molecule has 0 atom stereocenters. The minimum Gasteiger partial charge on any atom is -0.206 e. The molecule has 1 aromatic carbocycles. The maximum absolute atomic E-state index is 14.1. The van der Waals surface area contributed by atoms with Crippen LogP contribution in [0.2, 0.25) is 0 Å². The highest BCUT2D eigenvalue weighted by atomic mass is 127. The molecule has 0 fully saturated rings. The Hall–Kier alpha value is 0.280. The lowest BCUT2D eigenvalue weighted by atomic mass is 9.99. The van der Waals surface area contributed by atoms with Gasteiger partial charge in [0.15, 0.2) is 0 Å². The quantitative estimate of drug-likeness (QED) is 0.269. The zero-order valence-corrected chi connectivity index (χ0v) is 13.2. The lowest BCUT2D eigenvalue weighted by Gasteiger charge is -2.14. The normalized spacial score (nSPS) is 10.6. The van der Waals surface area contributed by atoms with Crippen LogP contribution in [0.3, 0.4) is 0 Å². The van der Waals surface area contributed by atoms with Crippen LogP contribution in [-0.4, -0.2) is 0 Å². The van der Waals surface area contributed by atoms with E-state index in [1.54, 1.807) is 6.08 Å². The summed E-state index contributed by atoms with van der Waals surface area (Å²) < 4.78 is 29.0. The second-order valence-corrected chi connectivity index (χ2v) is 5.20. The van der Waals surface area contributed by atoms with Gasteiger partial charge in [-0.2, -0.15) is 0 Å². The van der Waals surface area contributed by atoms with Crippen LogP contribution in [0.15, 0.2) is 12.7 Å². The molecule has 0 aliphatic heterocycles. The number of alkyl halides is 1. The van der Waals surface area contributed by atoms with Crippen LogP contribution in [0, 0.1) is 15.2 Å². The predicted molar refractivity (Wildman–Crippen MR) is 80.1 cm³/mol. The summed E-state index contributed by atoms with van der Waals surface area (Å²) in [5, 5.41) is 0. The lowest BCUT2D eigenvalue weighted by Crippen LogP contribution is -2.07. The Morgan fingerprint density at radius 1 is 1.19 bits per heavy atom. The number of allylic oxidation sites excluding steroid dienone is 1. The summed E-state index contributed by atoms with van der Waals surface area (Å²) in [7, 11) is 0. The van der Waals surface area contributed by atoms with Gasteiger partial charge in [-0.15, -0.1) is 6.58 Å². The van der Waals surface area contributed by atoms with Gasteiger partial charge in [-0.1, -0.05) is 35.6 Å². The third-order valence-electron chi connectivity index (χ3n) is 2.45. The number of rotatable bonds is 4. The molecule has 0 amide bonds. The van der Waals surface area contributed by atoms with Crippen molar-refractivity contribution in [1.82, 2.24) is 0 Å². The van der Waals surface area contributed by atoms with E-state index in [4.69, 9.17) is 0 Å². The largest absolute Gasteiger partial charge is 0.206 e. The average molecular weight is 448 g/mol. The minimum atomic E-state index is -0.287. The van der Waals surface area contributed by atoms with Gasteiger partial charge in [-0.25, -0.2) is 8.78 Å². The predicted octanol–water partition coefficient (Wildman–Crippen LogP) is 4.80. The average Bonchev–Trinajstić information content (AvgIpc) is 2.27. The standard InChI is InChI=1S/C12H12F2I2/c1-3-5-8-9(6-15)10(13)7(4-2)12(16)11(8)14/h3H,1,4-6H2,2H3. The SMILES string of the molecule is C=CCc1c(F)c(I)c(CC)c(F)c1CI. The van der Waals surface area contributed by atoms with Crippen LogP contribution in [0.5, 0.6) is 0 Å². The highest BCUT2D eigenvalue weighted by Crippen LogP contribution is 2.30. The van der Waals surface area contributed by atoms with Crippen LogP contribution < -0.4 is 0 Å². The van der Waals surface area contributed by atoms with Crippen molar-refractivity contribution in [3.8, 4) is 0 Å². The molecule has 1 aromatic rings. The fourth-order valence-corrected chi connectivity index (χ4v) is 3.35. The zero-order valence-electron chi connectivity index (χ0n) is 8.92. The molecule has 0 spiro atoms. The maximum atomic E-state index is 14.1. The molecule has 0 aliphatic carbocycles. The number of hydrogen-bond donors (Lipinski definition) is 0. The van der Waals surface area contributed by atoms with Crippen molar-refractivity contribution in [2.24, 2.45) is 0 Å². The summed E-state index contributed by atoms with van der Waals surface area (Å²) in [5.41, 5.74) is 1.41. The molecule has 0 saturated heterocycles. The van der Waals surface area contributed by atoms with Crippen molar-refractivity contribution >= 4 is 45.2 Å². The van der Waals surface area contributed by atoms with Gasteiger partial charge < -0.3 is 0 Å². The second kappa shape index (κ2) is 6.28. The Morgan fingerprint density at radius 2 is 1.81 bits per heavy atom. The summed E-state index contributed by atoms with van der Waals surface area (Å²) >= 11 is 3.94. The topological polar surface area (TPSA) is 0 Å². The van der Waals surface area contributed by atoms with Crippen LogP contribution in [0.4, 0.5) is 8.78 Å². The molecule has 0 heterocycles. The summed E-state index contributed by atoms with van der Waals surface area (Å²) in [6.07, 6.45) is 2.50. The monoisotopic (exact) mass is 448 g/mol. The first kappa shape index (κ1) is 14.3. The van der Waals surface area contributed by atoms with Gasteiger partial charge in [0.2, 0.25) is 0 Å². The van der Waals surface area contributed by atoms with Gasteiger partial charge in [0, 0.05) is 15.6 Å². The van der Waals surface area contributed by atoms with Crippen LogP contribution in [0.1, 0.15) is 23.6 Å². The van der Waals surface area contributed by atoms with E-state index >= 15 is 0 Å². The number of halogens is 4. The molecule has 0 nitrogen and oxygen atoms in total. The number of hydrogen-bond acceptors (Lipinski definition) is 0. The Labute approximate surface area is 122 Å². The van der Waals surface area contributed by atoms with E-state index in [0.717, 1.165) is 0 Å². The van der Waals surface area contributed by atoms with Crippen molar-refractivity contribution in [3.05, 3.63) is 44.5 Å². The van der Waals surface area contributed by atoms with Crippen molar-refractivity contribution in [1.29, 1.82) is 0 Å². The molecule has 0 aromatic heterocycles.